The molecule has 14 heteroatoms. The number of hydrogen-bond acceptors (Lipinski definition) is 8. The van der Waals surface area contributed by atoms with Crippen LogP contribution in [0, 0.1) is 0 Å². The van der Waals surface area contributed by atoms with E-state index < -0.39 is 46.4 Å². The van der Waals surface area contributed by atoms with E-state index >= 15 is 0 Å². The Morgan fingerprint density at radius 2 is 1.89 bits per heavy atom. The Morgan fingerprint density at radius 3 is 2.63 bits per heavy atom. The summed E-state index contributed by atoms with van der Waals surface area (Å²) < 4.78 is 58.5. The van der Waals surface area contributed by atoms with Gasteiger partial charge >= 0.3 is 5.92 Å². The van der Waals surface area contributed by atoms with Crippen LogP contribution in [0.3, 0.4) is 0 Å². The molecule has 0 radical (unpaired) electrons. The van der Waals surface area contributed by atoms with Crippen molar-refractivity contribution in [3.05, 3.63) is 78.0 Å². The van der Waals surface area contributed by atoms with Gasteiger partial charge in [0.15, 0.2) is 11.5 Å². The van der Waals surface area contributed by atoms with E-state index in [1.54, 1.807) is 78.5 Å². The molecule has 1 fully saturated rings. The molecule has 0 saturated carbocycles. The summed E-state index contributed by atoms with van der Waals surface area (Å²) in [5.74, 6) is -4.02. The highest BCUT2D eigenvalue weighted by atomic mass is 32.2. The number of nitrogens with one attached hydrogen (secondary N) is 2. The van der Waals surface area contributed by atoms with E-state index in [0.717, 1.165) is 0 Å². The molecule has 3 heterocycles. The van der Waals surface area contributed by atoms with Crippen molar-refractivity contribution in [3.8, 4) is 22.9 Å². The fourth-order valence-corrected chi connectivity index (χ4v) is 6.82. The molecule has 2 amide bonds. The largest absolute Gasteiger partial charge is 0.833 e. The monoisotopic (exact) mass is 653 g/mol. The molecule has 2 aliphatic rings. The third kappa shape index (κ3) is 6.67. The number of halogens is 2. The fraction of sp³-hybridized carbons (Fsp3) is 0.344. The van der Waals surface area contributed by atoms with Gasteiger partial charge in [0, 0.05) is 40.2 Å². The van der Waals surface area contributed by atoms with Crippen molar-refractivity contribution in [3.63, 3.8) is 0 Å². The molecule has 6 rings (SSSR count). The molecular weight excluding hydrogens is 622 g/mol. The number of nitrogens with zero attached hydrogens (tertiary/aromatic N) is 2. The number of amides is 2. The second-order valence-electron chi connectivity index (χ2n) is 11.4. The molecule has 4 aromatic rings. The lowest BCUT2D eigenvalue weighted by Crippen LogP contribution is -2.59. The van der Waals surface area contributed by atoms with Gasteiger partial charge in [0.05, 0.1) is 23.4 Å². The molecule has 0 spiro atoms. The van der Waals surface area contributed by atoms with Crippen LogP contribution in [0.5, 0.6) is 17.2 Å². The maximum absolute atomic E-state index is 13.8. The maximum Gasteiger partial charge on any atom is 0.321 e. The van der Waals surface area contributed by atoms with Crippen LogP contribution in [-0.4, -0.2) is 68.2 Å². The van der Waals surface area contributed by atoms with E-state index in [9.17, 15) is 27.7 Å². The Balaban J connectivity index is 1.26. The van der Waals surface area contributed by atoms with Crippen LogP contribution in [0.4, 0.5) is 8.78 Å². The van der Waals surface area contributed by atoms with Crippen molar-refractivity contribution in [2.75, 3.05) is 24.7 Å². The second kappa shape index (κ2) is 12.3. The van der Waals surface area contributed by atoms with Crippen LogP contribution >= 0.6 is 0 Å². The smallest absolute Gasteiger partial charge is 0.321 e. The number of aromatic nitrogens is 2. The number of carbonyl (C=O) groups excluding carboxylic acids is 2. The Labute approximate surface area is 265 Å². The summed E-state index contributed by atoms with van der Waals surface area (Å²) in [5, 5.41) is 22.8. The average Bonchev–Trinajstić information content (AvgIpc) is 3.60. The van der Waals surface area contributed by atoms with Crippen LogP contribution in [0.1, 0.15) is 42.3 Å². The van der Waals surface area contributed by atoms with Gasteiger partial charge in [0.1, 0.15) is 25.1 Å². The zero-order chi connectivity index (χ0) is 32.6. The zero-order valence-corrected chi connectivity index (χ0v) is 25.8. The minimum Gasteiger partial charge on any atom is -0.833 e. The first-order valence-electron chi connectivity index (χ1n) is 14.6. The minimum absolute atomic E-state index is 0.102. The standard InChI is InChI=1S/C32H31F2N4O7S/c1-19(36-30(40)31(2,33)34)28(20-6-9-26-27(16-20)44-12-11-43-26)45-24-7-8-25-22(15-24)17-35-38(25)23-5-3-4-21(14-23)29(39)37-32(41)10-13-46(42)18-32/h3-9,14-17,19,28H,10-13,18H2,1-2H3,(H,36,40)(H,37,39)/q-1/t19-,28-,32+,46?/m0/s1. The van der Waals surface area contributed by atoms with Crippen molar-refractivity contribution < 1.29 is 41.9 Å². The molecule has 4 atom stereocenters. The summed E-state index contributed by atoms with van der Waals surface area (Å²) >= 11 is 0. The van der Waals surface area contributed by atoms with Gasteiger partial charge in [-0.25, -0.2) is 4.68 Å². The average molecular weight is 654 g/mol. The van der Waals surface area contributed by atoms with Gasteiger partial charge in [0.25, 0.3) is 11.8 Å². The summed E-state index contributed by atoms with van der Waals surface area (Å²) in [6, 6.07) is 16.1. The topological polar surface area (TPSA) is 144 Å². The van der Waals surface area contributed by atoms with Crippen molar-refractivity contribution in [1.82, 2.24) is 20.4 Å². The van der Waals surface area contributed by atoms with Crippen LogP contribution in [0.15, 0.2) is 66.9 Å². The molecule has 2 N–H and O–H groups in total. The molecule has 0 aliphatic carbocycles. The highest BCUT2D eigenvalue weighted by molar-refractivity contribution is 7.85. The number of ether oxygens (including phenoxy) is 3. The summed E-state index contributed by atoms with van der Waals surface area (Å²) in [4.78, 5) is 25.0. The first kappa shape index (κ1) is 31.4. The fourth-order valence-electron chi connectivity index (χ4n) is 5.38. The van der Waals surface area contributed by atoms with E-state index in [1.807, 2.05) is 0 Å². The lowest BCUT2D eigenvalue weighted by atomic mass is 10.0. The van der Waals surface area contributed by atoms with Crippen molar-refractivity contribution in [2.45, 2.75) is 44.1 Å². The van der Waals surface area contributed by atoms with Gasteiger partial charge in [0.2, 0.25) is 0 Å². The quantitative estimate of drug-likeness (QED) is 0.263. The maximum atomic E-state index is 13.8. The van der Waals surface area contributed by atoms with E-state index in [1.165, 1.54) is 0 Å². The van der Waals surface area contributed by atoms with Gasteiger partial charge in [-0.15, -0.1) is 0 Å². The molecule has 0 bridgehead atoms. The summed E-state index contributed by atoms with van der Waals surface area (Å²) in [7, 11) is -1.25. The normalized spacial score (nSPS) is 20.6. The molecule has 1 saturated heterocycles. The number of fused-ring (bicyclic) bond motifs is 2. The third-order valence-electron chi connectivity index (χ3n) is 7.73. The first-order chi connectivity index (χ1) is 21.9. The molecule has 11 nitrogen and oxygen atoms in total. The number of benzene rings is 3. The molecule has 46 heavy (non-hydrogen) atoms. The SMILES string of the molecule is C[C@H](NC(=O)C(C)(F)F)[C@H](Oc1ccc2c(cnn2-c2cccc(C(=O)N[C@@]3([O-])CCS(=O)C3)c2)c1)c1ccc2c(c1)OCCO2. The molecular formula is C32H31F2N4O7S-. The predicted octanol–water partition coefficient (Wildman–Crippen LogP) is 3.02. The number of carbonyl (C=O) groups is 2. The summed E-state index contributed by atoms with van der Waals surface area (Å²) in [6.07, 6.45) is 0.828. The molecule has 1 unspecified atom stereocenters. The first-order valence-corrected chi connectivity index (χ1v) is 16.1. The number of rotatable bonds is 9. The predicted molar refractivity (Wildman–Crippen MR) is 163 cm³/mol. The van der Waals surface area contributed by atoms with Gasteiger partial charge in [-0.05, 0) is 73.2 Å². The van der Waals surface area contributed by atoms with Crippen molar-refractivity contribution in [1.29, 1.82) is 0 Å². The number of hydrogen-bond donors (Lipinski definition) is 2. The van der Waals surface area contributed by atoms with E-state index in [4.69, 9.17) is 14.2 Å². The Hall–Kier alpha value is -4.56. The Bertz CT molecular complexity index is 1830. The molecule has 3 aromatic carbocycles. The van der Waals surface area contributed by atoms with Gasteiger partial charge < -0.3 is 30.0 Å². The van der Waals surface area contributed by atoms with Crippen molar-refractivity contribution >= 4 is 33.5 Å². The number of alkyl halides is 2. The molecule has 242 valence electrons. The van der Waals surface area contributed by atoms with Crippen LogP contribution in [0.2, 0.25) is 0 Å². The van der Waals surface area contributed by atoms with E-state index in [-0.39, 0.29) is 23.5 Å². The summed E-state index contributed by atoms with van der Waals surface area (Å²) in [5.41, 5.74) is 0.315. The Kier molecular flexibility index (Phi) is 8.42. The van der Waals surface area contributed by atoms with Gasteiger partial charge in [-0.2, -0.15) is 13.9 Å². The Morgan fingerprint density at radius 1 is 1.11 bits per heavy atom. The molecule has 2 aliphatic heterocycles. The molecule has 1 aromatic heterocycles. The second-order valence-corrected chi connectivity index (χ2v) is 13.0. The van der Waals surface area contributed by atoms with Crippen molar-refractivity contribution in [2.24, 2.45) is 0 Å². The summed E-state index contributed by atoms with van der Waals surface area (Å²) in [6.45, 7) is 2.86. The van der Waals surface area contributed by atoms with Crippen LogP contribution in [0.25, 0.3) is 16.6 Å². The highest BCUT2D eigenvalue weighted by Gasteiger charge is 2.35. The van der Waals surface area contributed by atoms with Gasteiger partial charge in [-0.3, -0.25) is 13.8 Å². The van der Waals surface area contributed by atoms with Crippen LogP contribution in [-0.2, 0) is 15.6 Å². The van der Waals surface area contributed by atoms with E-state index in [2.05, 4.69) is 15.7 Å². The van der Waals surface area contributed by atoms with Gasteiger partial charge in [-0.1, -0.05) is 12.1 Å². The van der Waals surface area contributed by atoms with E-state index in [0.29, 0.717) is 59.5 Å². The minimum atomic E-state index is -3.58. The zero-order valence-electron chi connectivity index (χ0n) is 25.0. The van der Waals surface area contributed by atoms with Crippen LogP contribution < -0.4 is 30.0 Å². The highest BCUT2D eigenvalue weighted by Crippen LogP contribution is 2.36. The lowest BCUT2D eigenvalue weighted by molar-refractivity contribution is -0.474. The third-order valence-corrected chi connectivity index (χ3v) is 9.18. The lowest BCUT2D eigenvalue weighted by Gasteiger charge is -2.36.